The van der Waals surface area contributed by atoms with E-state index in [1.165, 1.54) is 6.07 Å². The molecule has 2 aromatic carbocycles. The summed E-state index contributed by atoms with van der Waals surface area (Å²) in [5.41, 5.74) is 7.92. The van der Waals surface area contributed by atoms with Crippen LogP contribution in [0, 0.1) is 5.82 Å². The number of methoxy groups -OCH3 is 1. The van der Waals surface area contributed by atoms with Crippen LogP contribution in [-0.4, -0.2) is 14.2 Å². The van der Waals surface area contributed by atoms with Gasteiger partial charge in [-0.05, 0) is 29.8 Å². The average Bonchev–Trinajstić information content (AvgIpc) is 2.47. The molecule has 3 nitrogen and oxygen atoms in total. The standard InChI is InChI=1S/C16H19FN2O/c1-19(11-12-4-3-5-15(8-12)20-2)14-7-6-13(10-18)16(17)9-14/h3-9H,10-11,18H2,1-2H3. The first-order valence-electron chi connectivity index (χ1n) is 6.46. The number of nitrogens with zero attached hydrogens (tertiary/aromatic N) is 1. The Labute approximate surface area is 118 Å². The summed E-state index contributed by atoms with van der Waals surface area (Å²) in [6, 6.07) is 13.0. The zero-order valence-electron chi connectivity index (χ0n) is 11.8. The summed E-state index contributed by atoms with van der Waals surface area (Å²) in [7, 11) is 3.57. The predicted octanol–water partition coefficient (Wildman–Crippen LogP) is 2.93. The molecule has 0 aliphatic heterocycles. The molecule has 0 atom stereocenters. The van der Waals surface area contributed by atoms with Gasteiger partial charge in [0.2, 0.25) is 0 Å². The Bertz CT molecular complexity index is 586. The van der Waals surface area contributed by atoms with Gasteiger partial charge in [-0.25, -0.2) is 4.39 Å². The summed E-state index contributed by atoms with van der Waals surface area (Å²) < 4.78 is 18.9. The van der Waals surface area contributed by atoms with Crippen LogP contribution in [0.3, 0.4) is 0 Å². The lowest BCUT2D eigenvalue weighted by atomic mass is 10.1. The molecule has 2 aromatic rings. The maximum atomic E-state index is 13.7. The summed E-state index contributed by atoms with van der Waals surface area (Å²) in [5.74, 6) is 0.558. The fraction of sp³-hybridized carbons (Fsp3) is 0.250. The molecule has 106 valence electrons. The number of hydrogen-bond acceptors (Lipinski definition) is 3. The second kappa shape index (κ2) is 6.39. The van der Waals surface area contributed by atoms with Crippen molar-refractivity contribution in [2.75, 3.05) is 19.1 Å². The lowest BCUT2D eigenvalue weighted by molar-refractivity contribution is 0.414. The van der Waals surface area contributed by atoms with E-state index in [1.807, 2.05) is 42.3 Å². The predicted molar refractivity (Wildman–Crippen MR) is 79.4 cm³/mol. The minimum atomic E-state index is -0.262. The van der Waals surface area contributed by atoms with Gasteiger partial charge in [0.1, 0.15) is 11.6 Å². The van der Waals surface area contributed by atoms with Crippen molar-refractivity contribution in [3.63, 3.8) is 0 Å². The summed E-state index contributed by atoms with van der Waals surface area (Å²) in [6.07, 6.45) is 0. The van der Waals surface area contributed by atoms with Gasteiger partial charge in [0, 0.05) is 31.4 Å². The molecule has 0 amide bonds. The fourth-order valence-corrected chi connectivity index (χ4v) is 2.08. The Balaban J connectivity index is 2.14. The first-order valence-corrected chi connectivity index (χ1v) is 6.46. The molecule has 2 rings (SSSR count). The number of nitrogens with two attached hydrogens (primary N) is 1. The molecule has 0 radical (unpaired) electrons. The van der Waals surface area contributed by atoms with Crippen LogP contribution >= 0.6 is 0 Å². The summed E-state index contributed by atoms with van der Waals surface area (Å²) in [5, 5.41) is 0. The Morgan fingerprint density at radius 1 is 1.20 bits per heavy atom. The minimum Gasteiger partial charge on any atom is -0.497 e. The molecule has 0 aliphatic rings. The van der Waals surface area contributed by atoms with E-state index in [2.05, 4.69) is 0 Å². The number of hydrogen-bond donors (Lipinski definition) is 1. The Kier molecular flexibility index (Phi) is 4.58. The highest BCUT2D eigenvalue weighted by molar-refractivity contribution is 5.48. The quantitative estimate of drug-likeness (QED) is 0.911. The first-order chi connectivity index (χ1) is 9.63. The van der Waals surface area contributed by atoms with Crippen molar-refractivity contribution >= 4 is 5.69 Å². The van der Waals surface area contributed by atoms with Crippen molar-refractivity contribution < 1.29 is 9.13 Å². The van der Waals surface area contributed by atoms with Gasteiger partial charge in [-0.15, -0.1) is 0 Å². The Hall–Kier alpha value is -2.07. The van der Waals surface area contributed by atoms with Crippen molar-refractivity contribution in [2.45, 2.75) is 13.1 Å². The van der Waals surface area contributed by atoms with Crippen molar-refractivity contribution in [3.05, 3.63) is 59.4 Å². The third-order valence-corrected chi connectivity index (χ3v) is 3.25. The smallest absolute Gasteiger partial charge is 0.129 e. The number of anilines is 1. The zero-order chi connectivity index (χ0) is 14.5. The van der Waals surface area contributed by atoms with Crippen molar-refractivity contribution in [1.29, 1.82) is 0 Å². The van der Waals surface area contributed by atoms with Crippen LogP contribution in [0.4, 0.5) is 10.1 Å². The molecule has 0 unspecified atom stereocenters. The molecule has 0 bridgehead atoms. The van der Waals surface area contributed by atoms with Crippen molar-refractivity contribution in [1.82, 2.24) is 0 Å². The molecule has 0 aliphatic carbocycles. The fourth-order valence-electron chi connectivity index (χ4n) is 2.08. The number of rotatable bonds is 5. The SMILES string of the molecule is COc1cccc(CN(C)c2ccc(CN)c(F)c2)c1. The lowest BCUT2D eigenvalue weighted by Crippen LogP contribution is -2.17. The van der Waals surface area contributed by atoms with Crippen LogP contribution in [0.25, 0.3) is 0 Å². The highest BCUT2D eigenvalue weighted by Gasteiger charge is 2.07. The maximum Gasteiger partial charge on any atom is 0.129 e. The highest BCUT2D eigenvalue weighted by Crippen LogP contribution is 2.20. The van der Waals surface area contributed by atoms with Crippen molar-refractivity contribution in [2.24, 2.45) is 5.73 Å². The zero-order valence-corrected chi connectivity index (χ0v) is 11.8. The van der Waals surface area contributed by atoms with Gasteiger partial charge in [0.25, 0.3) is 0 Å². The molecule has 2 N–H and O–H groups in total. The second-order valence-electron chi connectivity index (χ2n) is 4.69. The van der Waals surface area contributed by atoms with Crippen LogP contribution in [0.1, 0.15) is 11.1 Å². The molecule has 0 aromatic heterocycles. The van der Waals surface area contributed by atoms with E-state index in [4.69, 9.17) is 10.5 Å². The van der Waals surface area contributed by atoms with Crippen LogP contribution in [0.2, 0.25) is 0 Å². The minimum absolute atomic E-state index is 0.214. The van der Waals surface area contributed by atoms with E-state index in [9.17, 15) is 4.39 Å². The van der Waals surface area contributed by atoms with Crippen LogP contribution in [0.5, 0.6) is 5.75 Å². The molecule has 0 spiro atoms. The molecule has 0 saturated carbocycles. The third-order valence-electron chi connectivity index (χ3n) is 3.25. The topological polar surface area (TPSA) is 38.5 Å². The summed E-state index contributed by atoms with van der Waals surface area (Å²) >= 11 is 0. The van der Waals surface area contributed by atoms with E-state index < -0.39 is 0 Å². The normalized spacial score (nSPS) is 10.4. The van der Waals surface area contributed by atoms with Gasteiger partial charge in [0.05, 0.1) is 7.11 Å². The van der Waals surface area contributed by atoms with Gasteiger partial charge in [-0.1, -0.05) is 18.2 Å². The van der Waals surface area contributed by atoms with E-state index in [0.29, 0.717) is 12.1 Å². The van der Waals surface area contributed by atoms with Crippen molar-refractivity contribution in [3.8, 4) is 5.75 Å². The van der Waals surface area contributed by atoms with E-state index in [0.717, 1.165) is 17.0 Å². The molecule has 0 fully saturated rings. The van der Waals surface area contributed by atoms with E-state index >= 15 is 0 Å². The van der Waals surface area contributed by atoms with Gasteiger partial charge in [-0.2, -0.15) is 0 Å². The molecule has 20 heavy (non-hydrogen) atoms. The summed E-state index contributed by atoms with van der Waals surface area (Å²) in [4.78, 5) is 1.98. The van der Waals surface area contributed by atoms with E-state index in [1.54, 1.807) is 13.2 Å². The van der Waals surface area contributed by atoms with Gasteiger partial charge in [-0.3, -0.25) is 0 Å². The van der Waals surface area contributed by atoms with Gasteiger partial charge < -0.3 is 15.4 Å². The number of halogens is 1. The van der Waals surface area contributed by atoms with Crippen LogP contribution < -0.4 is 15.4 Å². The molecule has 0 saturated heterocycles. The van der Waals surface area contributed by atoms with E-state index in [-0.39, 0.29) is 12.4 Å². The Morgan fingerprint density at radius 3 is 2.65 bits per heavy atom. The molecule has 4 heteroatoms. The third kappa shape index (κ3) is 3.27. The molecular formula is C16H19FN2O. The largest absolute Gasteiger partial charge is 0.497 e. The second-order valence-corrected chi connectivity index (χ2v) is 4.69. The lowest BCUT2D eigenvalue weighted by Gasteiger charge is -2.20. The van der Waals surface area contributed by atoms with Gasteiger partial charge >= 0.3 is 0 Å². The first kappa shape index (κ1) is 14.3. The monoisotopic (exact) mass is 274 g/mol. The number of benzene rings is 2. The molecule has 0 heterocycles. The maximum absolute atomic E-state index is 13.7. The highest BCUT2D eigenvalue weighted by atomic mass is 19.1. The molecular weight excluding hydrogens is 255 g/mol. The Morgan fingerprint density at radius 2 is 2.00 bits per heavy atom. The van der Waals surface area contributed by atoms with Crippen LogP contribution in [0.15, 0.2) is 42.5 Å². The summed E-state index contributed by atoms with van der Waals surface area (Å²) in [6.45, 7) is 0.893. The number of ether oxygens (including phenoxy) is 1. The van der Waals surface area contributed by atoms with Crippen LogP contribution in [-0.2, 0) is 13.1 Å². The van der Waals surface area contributed by atoms with Gasteiger partial charge in [0.15, 0.2) is 0 Å². The average molecular weight is 274 g/mol.